The van der Waals surface area contributed by atoms with Crippen LogP contribution in [0, 0.1) is 0 Å². The molecule has 4 amide bonds. The third-order valence-electron chi connectivity index (χ3n) is 5.57. The summed E-state index contributed by atoms with van der Waals surface area (Å²) in [5.41, 5.74) is 22.0. The highest BCUT2D eigenvalue weighted by Crippen LogP contribution is 2.12. The Labute approximate surface area is 235 Å². The Morgan fingerprint density at radius 2 is 1.45 bits per heavy atom. The second-order valence-electron chi connectivity index (χ2n) is 8.90. The van der Waals surface area contributed by atoms with E-state index in [2.05, 4.69) is 20.9 Å². The molecule has 16 heteroatoms. The van der Waals surface area contributed by atoms with Crippen LogP contribution >= 0.6 is 11.8 Å². The van der Waals surface area contributed by atoms with Crippen LogP contribution in [0.5, 0.6) is 5.75 Å². The number of carboxylic acids is 1. The number of aliphatic imine (C=N–C) groups is 1. The topological polar surface area (TPSA) is 278 Å². The molecule has 0 aliphatic rings. The molecular formula is C24H38N8O7S. The summed E-state index contributed by atoms with van der Waals surface area (Å²) >= 11 is 1.41. The molecular weight excluding hydrogens is 544 g/mol. The van der Waals surface area contributed by atoms with Crippen LogP contribution in [0.3, 0.4) is 0 Å². The number of nitrogens with two attached hydrogens (primary N) is 4. The first-order valence-corrected chi connectivity index (χ1v) is 13.7. The van der Waals surface area contributed by atoms with Crippen LogP contribution in [0.25, 0.3) is 0 Å². The minimum Gasteiger partial charge on any atom is -0.508 e. The Hall–Kier alpha value is -4.05. The van der Waals surface area contributed by atoms with Gasteiger partial charge in [0.25, 0.3) is 0 Å². The lowest BCUT2D eigenvalue weighted by atomic mass is 10.0. The zero-order valence-electron chi connectivity index (χ0n) is 22.2. The summed E-state index contributed by atoms with van der Waals surface area (Å²) in [6.07, 6.45) is 1.80. The number of thioether (sulfide) groups is 1. The Kier molecular flexibility index (Phi) is 14.9. The standard InChI is InChI=1S/C24H38N8O7S/c1-40-10-8-17(22(37)32-18(23(38)39)11-13-4-6-14(33)7-5-13)31-21(36)16(3-2-9-29-24(27)28)30-20(35)15(25)12-19(26)34/h4-7,15-18,33H,2-3,8-12,25H2,1H3,(H2,26,34)(H,30,35)(H,31,36)(H,32,37)(H,38,39)(H4,27,28,29). The molecule has 0 saturated carbocycles. The molecule has 0 aliphatic heterocycles. The smallest absolute Gasteiger partial charge is 0.326 e. The maximum absolute atomic E-state index is 13.2. The number of carboxylic acid groups (broad SMARTS) is 1. The van der Waals surface area contributed by atoms with E-state index in [9.17, 15) is 34.2 Å². The van der Waals surface area contributed by atoms with Crippen LogP contribution in [0.2, 0.25) is 0 Å². The van der Waals surface area contributed by atoms with Gasteiger partial charge in [-0.25, -0.2) is 4.79 Å². The first kappa shape index (κ1) is 34.0. The first-order chi connectivity index (χ1) is 18.8. The number of hydrogen-bond donors (Lipinski definition) is 9. The fourth-order valence-electron chi connectivity index (χ4n) is 3.48. The normalized spacial score (nSPS) is 13.7. The van der Waals surface area contributed by atoms with Crippen molar-refractivity contribution in [3.8, 4) is 5.75 Å². The monoisotopic (exact) mass is 582 g/mol. The number of phenolic OH excluding ortho intramolecular Hbond substituents is 1. The molecule has 0 aromatic heterocycles. The molecule has 4 atom stereocenters. The van der Waals surface area contributed by atoms with E-state index in [1.165, 1.54) is 36.0 Å². The number of primary amides is 1. The van der Waals surface area contributed by atoms with Gasteiger partial charge in [-0.15, -0.1) is 0 Å². The maximum Gasteiger partial charge on any atom is 0.326 e. The van der Waals surface area contributed by atoms with Crippen molar-refractivity contribution < 1.29 is 34.2 Å². The zero-order valence-corrected chi connectivity index (χ0v) is 23.0. The number of rotatable bonds is 18. The number of nitrogens with one attached hydrogen (secondary N) is 3. The SMILES string of the molecule is CSCCC(NC(=O)C(CCCN=C(N)N)NC(=O)C(N)CC(N)=O)C(=O)NC(Cc1ccc(O)cc1)C(=O)O. The number of carbonyl (C=O) groups excluding carboxylic acids is 4. The molecule has 40 heavy (non-hydrogen) atoms. The molecule has 0 aliphatic carbocycles. The summed E-state index contributed by atoms with van der Waals surface area (Å²) in [5, 5.41) is 26.6. The van der Waals surface area contributed by atoms with E-state index in [0.29, 0.717) is 11.3 Å². The van der Waals surface area contributed by atoms with Crippen molar-refractivity contribution in [1.82, 2.24) is 16.0 Å². The van der Waals surface area contributed by atoms with Gasteiger partial charge in [-0.1, -0.05) is 12.1 Å². The Bertz CT molecular complexity index is 1050. The number of guanidine groups is 1. The van der Waals surface area contributed by atoms with E-state index in [1.807, 2.05) is 0 Å². The third kappa shape index (κ3) is 13.1. The minimum absolute atomic E-state index is 0.00929. The van der Waals surface area contributed by atoms with E-state index in [0.717, 1.165) is 0 Å². The predicted octanol–water partition coefficient (Wildman–Crippen LogP) is -2.52. The highest BCUT2D eigenvalue weighted by Gasteiger charge is 2.30. The molecule has 0 fully saturated rings. The van der Waals surface area contributed by atoms with Gasteiger partial charge in [-0.3, -0.25) is 24.2 Å². The van der Waals surface area contributed by atoms with Crippen LogP contribution in [-0.4, -0.2) is 88.5 Å². The van der Waals surface area contributed by atoms with Crippen molar-refractivity contribution in [2.45, 2.75) is 56.3 Å². The largest absolute Gasteiger partial charge is 0.508 e. The molecule has 0 saturated heterocycles. The lowest BCUT2D eigenvalue weighted by molar-refractivity contribution is -0.142. The second kappa shape index (κ2) is 17.5. The fourth-order valence-corrected chi connectivity index (χ4v) is 3.95. The summed E-state index contributed by atoms with van der Waals surface area (Å²) in [6.45, 7) is 0.156. The minimum atomic E-state index is -1.31. The summed E-state index contributed by atoms with van der Waals surface area (Å²) in [7, 11) is 0. The number of carbonyl (C=O) groups is 5. The van der Waals surface area contributed by atoms with E-state index >= 15 is 0 Å². The quantitative estimate of drug-likeness (QED) is 0.0495. The van der Waals surface area contributed by atoms with E-state index in [1.54, 1.807) is 6.26 Å². The van der Waals surface area contributed by atoms with Gasteiger partial charge in [0.1, 0.15) is 23.9 Å². The molecule has 222 valence electrons. The average molecular weight is 583 g/mol. The molecule has 0 spiro atoms. The van der Waals surface area contributed by atoms with E-state index in [4.69, 9.17) is 22.9 Å². The van der Waals surface area contributed by atoms with Crippen LogP contribution in [0.15, 0.2) is 29.3 Å². The summed E-state index contributed by atoms with van der Waals surface area (Å²) in [4.78, 5) is 65.6. The van der Waals surface area contributed by atoms with E-state index in [-0.39, 0.29) is 43.9 Å². The van der Waals surface area contributed by atoms with Crippen LogP contribution in [0.4, 0.5) is 0 Å². The van der Waals surface area contributed by atoms with Crippen LogP contribution < -0.4 is 38.9 Å². The number of phenols is 1. The maximum atomic E-state index is 13.2. The summed E-state index contributed by atoms with van der Waals surface area (Å²) in [5.74, 6) is -4.03. The number of nitrogens with zero attached hydrogens (tertiary/aromatic N) is 1. The number of aliphatic carboxylic acids is 1. The van der Waals surface area contributed by atoms with Gasteiger partial charge in [-0.2, -0.15) is 11.8 Å². The molecule has 13 N–H and O–H groups in total. The molecule has 4 unspecified atom stereocenters. The zero-order chi connectivity index (χ0) is 30.2. The number of amides is 4. The predicted molar refractivity (Wildman–Crippen MR) is 150 cm³/mol. The second-order valence-corrected chi connectivity index (χ2v) is 9.89. The summed E-state index contributed by atoms with van der Waals surface area (Å²) < 4.78 is 0. The van der Waals surface area contributed by atoms with Crippen LogP contribution in [-0.2, 0) is 30.4 Å². The molecule has 15 nitrogen and oxygen atoms in total. The Morgan fingerprint density at radius 1 is 0.900 bits per heavy atom. The Morgan fingerprint density at radius 3 is 1.98 bits per heavy atom. The van der Waals surface area contributed by atoms with Crippen molar-refractivity contribution in [2.75, 3.05) is 18.6 Å². The molecule has 1 aromatic carbocycles. The molecule has 0 radical (unpaired) electrons. The summed E-state index contributed by atoms with van der Waals surface area (Å²) in [6, 6.07) is 0.954. The number of aromatic hydroxyl groups is 1. The van der Waals surface area contributed by atoms with Crippen molar-refractivity contribution in [1.29, 1.82) is 0 Å². The first-order valence-electron chi connectivity index (χ1n) is 12.3. The van der Waals surface area contributed by atoms with Gasteiger partial charge in [0, 0.05) is 13.0 Å². The van der Waals surface area contributed by atoms with Crippen molar-refractivity contribution in [2.24, 2.45) is 27.9 Å². The average Bonchev–Trinajstić information content (AvgIpc) is 2.88. The van der Waals surface area contributed by atoms with Gasteiger partial charge < -0.3 is 49.1 Å². The van der Waals surface area contributed by atoms with E-state index < -0.39 is 60.2 Å². The lowest BCUT2D eigenvalue weighted by Gasteiger charge is -2.25. The van der Waals surface area contributed by atoms with Gasteiger partial charge >= 0.3 is 5.97 Å². The van der Waals surface area contributed by atoms with Crippen molar-refractivity contribution in [3.05, 3.63) is 29.8 Å². The molecule has 0 heterocycles. The number of benzene rings is 1. The van der Waals surface area contributed by atoms with Gasteiger partial charge in [0.2, 0.25) is 23.6 Å². The third-order valence-corrected chi connectivity index (χ3v) is 6.21. The Balaban J connectivity index is 3.04. The fraction of sp³-hybridized carbons (Fsp3) is 0.500. The highest BCUT2D eigenvalue weighted by molar-refractivity contribution is 7.98. The van der Waals surface area contributed by atoms with Gasteiger partial charge in [0.05, 0.1) is 12.5 Å². The highest BCUT2D eigenvalue weighted by atomic mass is 32.2. The molecule has 0 bridgehead atoms. The van der Waals surface area contributed by atoms with Gasteiger partial charge in [0.15, 0.2) is 5.96 Å². The molecule has 1 aromatic rings. The molecule has 1 rings (SSSR count). The lowest BCUT2D eigenvalue weighted by Crippen LogP contribution is -2.57. The van der Waals surface area contributed by atoms with Crippen molar-refractivity contribution >= 4 is 47.3 Å². The van der Waals surface area contributed by atoms with Crippen molar-refractivity contribution in [3.63, 3.8) is 0 Å². The van der Waals surface area contributed by atoms with Gasteiger partial charge in [-0.05, 0) is 49.0 Å². The van der Waals surface area contributed by atoms with Crippen LogP contribution in [0.1, 0.15) is 31.2 Å². The number of hydrogen-bond acceptors (Lipinski definition) is 9.